The first-order chi connectivity index (χ1) is 8.56. The number of halogens is 3. The quantitative estimate of drug-likeness (QED) is 0.738. The molecule has 0 aliphatic rings. The number of carboxylic acids is 1. The second-order valence-electron chi connectivity index (χ2n) is 4.41. The highest BCUT2D eigenvalue weighted by Gasteiger charge is 2.35. The van der Waals surface area contributed by atoms with Gasteiger partial charge in [0.15, 0.2) is 0 Å². The molecule has 0 aromatic rings. The highest BCUT2D eigenvalue weighted by atomic mass is 19.4. The Morgan fingerprint density at radius 3 is 2.21 bits per heavy atom. The number of rotatable bonds is 7. The monoisotopic (exact) mass is 284 g/mol. The Hall–Kier alpha value is -1.31. The summed E-state index contributed by atoms with van der Waals surface area (Å²) in [6.07, 6.45) is -3.92. The lowest BCUT2D eigenvalue weighted by molar-refractivity contribution is -0.160. The van der Waals surface area contributed by atoms with Gasteiger partial charge < -0.3 is 10.4 Å². The molecule has 0 aliphatic carbocycles. The Kier molecular flexibility index (Phi) is 6.82. The van der Waals surface area contributed by atoms with E-state index in [-0.39, 0.29) is 6.04 Å². The molecule has 0 heterocycles. The zero-order valence-electron chi connectivity index (χ0n) is 11.1. The van der Waals surface area contributed by atoms with E-state index in [1.165, 1.54) is 6.92 Å². The second kappa shape index (κ2) is 7.32. The van der Waals surface area contributed by atoms with Gasteiger partial charge in [-0.1, -0.05) is 6.92 Å². The summed E-state index contributed by atoms with van der Waals surface area (Å²) in [6, 6.07) is -1.33. The molecule has 0 rings (SSSR count). The number of amides is 1. The lowest BCUT2D eigenvalue weighted by Crippen LogP contribution is -2.51. The van der Waals surface area contributed by atoms with Crippen molar-refractivity contribution < 1.29 is 27.9 Å². The second-order valence-corrected chi connectivity index (χ2v) is 4.41. The number of carbonyl (C=O) groups is 2. The first-order valence-electron chi connectivity index (χ1n) is 5.89. The van der Waals surface area contributed by atoms with Crippen molar-refractivity contribution in [3.8, 4) is 0 Å². The van der Waals surface area contributed by atoms with Crippen LogP contribution in [0.15, 0.2) is 0 Å². The third-order valence-electron chi connectivity index (χ3n) is 2.65. The number of hydrogen-bond donors (Lipinski definition) is 2. The van der Waals surface area contributed by atoms with E-state index in [4.69, 9.17) is 5.11 Å². The largest absolute Gasteiger partial charge is 0.480 e. The van der Waals surface area contributed by atoms with Crippen LogP contribution in [-0.2, 0) is 9.59 Å². The van der Waals surface area contributed by atoms with E-state index in [1.807, 2.05) is 6.92 Å². The number of hydrogen-bond acceptors (Lipinski definition) is 3. The van der Waals surface area contributed by atoms with Gasteiger partial charge in [-0.3, -0.25) is 14.5 Å². The number of aliphatic carboxylic acids is 1. The Labute approximate surface area is 109 Å². The Bertz CT molecular complexity index is 321. The standard InChI is InChI=1S/C11H19F3N2O3/c1-4-7(2)15-10(19)8(3)16(5-9(17)18)6-11(12,13)14/h7-8H,4-6H2,1-3H3,(H,15,19)(H,17,18). The van der Waals surface area contributed by atoms with Gasteiger partial charge in [0.05, 0.1) is 19.1 Å². The lowest BCUT2D eigenvalue weighted by atomic mass is 10.2. The van der Waals surface area contributed by atoms with Gasteiger partial charge in [-0.2, -0.15) is 13.2 Å². The summed E-state index contributed by atoms with van der Waals surface area (Å²) in [5, 5.41) is 11.1. The first kappa shape index (κ1) is 17.7. The molecule has 112 valence electrons. The number of carbonyl (C=O) groups excluding carboxylic acids is 1. The van der Waals surface area contributed by atoms with Gasteiger partial charge in [0.2, 0.25) is 5.91 Å². The summed E-state index contributed by atoms with van der Waals surface area (Å²) in [5.74, 6) is -2.02. The van der Waals surface area contributed by atoms with Crippen LogP contribution in [0.25, 0.3) is 0 Å². The van der Waals surface area contributed by atoms with Crippen molar-refractivity contribution in [2.45, 2.75) is 45.5 Å². The van der Waals surface area contributed by atoms with Crippen molar-refractivity contribution in [3.63, 3.8) is 0 Å². The van der Waals surface area contributed by atoms with Crippen molar-refractivity contribution in [1.82, 2.24) is 10.2 Å². The Balaban J connectivity index is 4.74. The van der Waals surface area contributed by atoms with Crippen LogP contribution in [0.3, 0.4) is 0 Å². The lowest BCUT2D eigenvalue weighted by Gasteiger charge is -2.28. The number of alkyl halides is 3. The third-order valence-corrected chi connectivity index (χ3v) is 2.65. The molecule has 0 aromatic heterocycles. The fourth-order valence-electron chi connectivity index (χ4n) is 1.37. The molecule has 8 heteroatoms. The minimum atomic E-state index is -4.56. The van der Waals surface area contributed by atoms with Crippen LogP contribution in [0, 0.1) is 0 Å². The van der Waals surface area contributed by atoms with Gasteiger partial charge >= 0.3 is 12.1 Å². The zero-order valence-corrected chi connectivity index (χ0v) is 11.1. The molecule has 0 fully saturated rings. The molecule has 5 nitrogen and oxygen atoms in total. The average Bonchev–Trinajstić information content (AvgIpc) is 2.24. The van der Waals surface area contributed by atoms with Gasteiger partial charge in [-0.15, -0.1) is 0 Å². The van der Waals surface area contributed by atoms with Crippen LogP contribution in [-0.4, -0.2) is 53.2 Å². The van der Waals surface area contributed by atoms with Gasteiger partial charge in [-0.05, 0) is 20.3 Å². The fourth-order valence-corrected chi connectivity index (χ4v) is 1.37. The molecule has 2 N–H and O–H groups in total. The van der Waals surface area contributed by atoms with E-state index in [2.05, 4.69) is 5.32 Å². The molecule has 0 aromatic carbocycles. The van der Waals surface area contributed by atoms with Crippen molar-refractivity contribution in [2.24, 2.45) is 0 Å². The Morgan fingerprint density at radius 2 is 1.84 bits per heavy atom. The molecular weight excluding hydrogens is 265 g/mol. The van der Waals surface area contributed by atoms with Gasteiger partial charge in [-0.25, -0.2) is 0 Å². The molecule has 0 bridgehead atoms. The Morgan fingerprint density at radius 1 is 1.32 bits per heavy atom. The topological polar surface area (TPSA) is 69.6 Å². The molecule has 0 saturated heterocycles. The fraction of sp³-hybridized carbons (Fsp3) is 0.818. The summed E-state index contributed by atoms with van der Waals surface area (Å²) in [6.45, 7) is 2.52. The normalized spacial score (nSPS) is 15.1. The van der Waals surface area contributed by atoms with Crippen molar-refractivity contribution in [3.05, 3.63) is 0 Å². The van der Waals surface area contributed by atoms with E-state index >= 15 is 0 Å². The average molecular weight is 284 g/mol. The van der Waals surface area contributed by atoms with Crippen LogP contribution < -0.4 is 5.32 Å². The van der Waals surface area contributed by atoms with Crippen molar-refractivity contribution in [2.75, 3.05) is 13.1 Å². The molecule has 0 saturated carbocycles. The van der Waals surface area contributed by atoms with Crippen LogP contribution in [0.2, 0.25) is 0 Å². The summed E-state index contributed by atoms with van der Waals surface area (Å²) in [5.41, 5.74) is 0. The van der Waals surface area contributed by atoms with Crippen LogP contribution in [0.4, 0.5) is 13.2 Å². The van der Waals surface area contributed by atoms with E-state index in [0.29, 0.717) is 11.3 Å². The summed E-state index contributed by atoms with van der Waals surface area (Å²) in [4.78, 5) is 22.9. The molecule has 19 heavy (non-hydrogen) atoms. The van der Waals surface area contributed by atoms with Gasteiger partial charge in [0.25, 0.3) is 0 Å². The van der Waals surface area contributed by atoms with E-state index in [0.717, 1.165) is 0 Å². The molecule has 0 spiro atoms. The maximum Gasteiger partial charge on any atom is 0.401 e. The maximum atomic E-state index is 12.3. The number of nitrogens with zero attached hydrogens (tertiary/aromatic N) is 1. The van der Waals surface area contributed by atoms with Crippen molar-refractivity contribution in [1.29, 1.82) is 0 Å². The van der Waals surface area contributed by atoms with Crippen molar-refractivity contribution >= 4 is 11.9 Å². The van der Waals surface area contributed by atoms with Crippen LogP contribution >= 0.6 is 0 Å². The maximum absolute atomic E-state index is 12.3. The predicted octanol–water partition coefficient (Wildman–Crippen LogP) is 1.24. The number of carboxylic acid groups (broad SMARTS) is 1. The highest BCUT2D eigenvalue weighted by molar-refractivity contribution is 5.82. The highest BCUT2D eigenvalue weighted by Crippen LogP contribution is 2.18. The molecule has 2 unspecified atom stereocenters. The minimum Gasteiger partial charge on any atom is -0.480 e. The van der Waals surface area contributed by atoms with Gasteiger partial charge in [0.1, 0.15) is 0 Å². The van der Waals surface area contributed by atoms with E-state index in [9.17, 15) is 22.8 Å². The third kappa shape index (κ3) is 7.66. The minimum absolute atomic E-state index is 0.174. The first-order valence-corrected chi connectivity index (χ1v) is 5.89. The smallest absolute Gasteiger partial charge is 0.401 e. The number of nitrogens with one attached hydrogen (secondary N) is 1. The van der Waals surface area contributed by atoms with Gasteiger partial charge in [0, 0.05) is 6.04 Å². The summed E-state index contributed by atoms with van der Waals surface area (Å²) in [7, 11) is 0. The van der Waals surface area contributed by atoms with Crippen LogP contribution in [0.1, 0.15) is 27.2 Å². The molecule has 2 atom stereocenters. The molecule has 0 radical (unpaired) electrons. The SMILES string of the molecule is CCC(C)NC(=O)C(C)N(CC(=O)O)CC(F)(F)F. The molecule has 1 amide bonds. The van der Waals surface area contributed by atoms with Crippen LogP contribution in [0.5, 0.6) is 0 Å². The molecule has 0 aliphatic heterocycles. The summed E-state index contributed by atoms with van der Waals surface area (Å²) < 4.78 is 37.0. The molecular formula is C11H19F3N2O3. The zero-order chi connectivity index (χ0) is 15.2. The summed E-state index contributed by atoms with van der Waals surface area (Å²) >= 11 is 0. The van der Waals surface area contributed by atoms with E-state index < -0.39 is 37.2 Å². The predicted molar refractivity (Wildman–Crippen MR) is 62.6 cm³/mol. The van der Waals surface area contributed by atoms with E-state index in [1.54, 1.807) is 6.92 Å².